The number of rotatable bonds is 4. The first-order valence-corrected chi connectivity index (χ1v) is 8.24. The van der Waals surface area contributed by atoms with Crippen LogP contribution in [0.1, 0.15) is 34.3 Å². The van der Waals surface area contributed by atoms with Crippen LogP contribution in [0.4, 0.5) is 11.5 Å². The van der Waals surface area contributed by atoms with Gasteiger partial charge in [0.2, 0.25) is 5.82 Å². The highest BCUT2D eigenvalue weighted by molar-refractivity contribution is 5.94. The maximum absolute atomic E-state index is 11.6. The highest BCUT2D eigenvalue weighted by Gasteiger charge is 2.50. The number of carbonyl (C=O) groups is 1. The minimum atomic E-state index is -1.33. The van der Waals surface area contributed by atoms with E-state index in [1.54, 1.807) is 7.11 Å². The first kappa shape index (κ1) is 16.3. The van der Waals surface area contributed by atoms with Gasteiger partial charge in [-0.1, -0.05) is 6.07 Å². The summed E-state index contributed by atoms with van der Waals surface area (Å²) in [5.41, 5.74) is 1.41. The molecule has 134 valence electrons. The number of nitro groups is 1. The van der Waals surface area contributed by atoms with Crippen molar-refractivity contribution in [2.45, 2.75) is 24.8 Å². The van der Waals surface area contributed by atoms with E-state index < -0.39 is 16.6 Å². The molecule has 26 heavy (non-hydrogen) atoms. The standard InChI is InChI=1S/C18H17N3O5/c1-26-12-3-2-11-9-20(10-18(5-6-18)14(11)8-12)16-15(21(24)25)13(17(22)23)4-7-19-16/h2-4,7-8H,5-6,9-10H2,1H3,(H,22,23). The van der Waals surface area contributed by atoms with Crippen LogP contribution in [-0.2, 0) is 12.0 Å². The van der Waals surface area contributed by atoms with Gasteiger partial charge < -0.3 is 14.7 Å². The Morgan fingerprint density at radius 2 is 2.15 bits per heavy atom. The van der Waals surface area contributed by atoms with Crippen LogP contribution in [0.2, 0.25) is 0 Å². The lowest BCUT2D eigenvalue weighted by atomic mass is 9.86. The Hall–Kier alpha value is -3.16. The molecule has 0 saturated heterocycles. The molecule has 0 amide bonds. The molecule has 1 aliphatic heterocycles. The van der Waals surface area contributed by atoms with Gasteiger partial charge in [0.15, 0.2) is 0 Å². The molecule has 0 bridgehead atoms. The van der Waals surface area contributed by atoms with Gasteiger partial charge in [-0.3, -0.25) is 10.1 Å². The Morgan fingerprint density at radius 1 is 1.38 bits per heavy atom. The number of aromatic nitrogens is 1. The molecule has 2 aliphatic rings. The minimum Gasteiger partial charge on any atom is -0.497 e. The zero-order valence-electron chi connectivity index (χ0n) is 14.1. The van der Waals surface area contributed by atoms with Crippen LogP contribution in [0.3, 0.4) is 0 Å². The topological polar surface area (TPSA) is 106 Å². The van der Waals surface area contributed by atoms with Gasteiger partial charge >= 0.3 is 11.7 Å². The van der Waals surface area contributed by atoms with Crippen molar-refractivity contribution in [2.24, 2.45) is 0 Å². The van der Waals surface area contributed by atoms with Crippen LogP contribution in [0.25, 0.3) is 0 Å². The number of carboxylic acid groups (broad SMARTS) is 1. The van der Waals surface area contributed by atoms with Crippen molar-refractivity contribution in [1.29, 1.82) is 0 Å². The average molecular weight is 355 g/mol. The number of nitrogens with zero attached hydrogens (tertiary/aromatic N) is 3. The van der Waals surface area contributed by atoms with Crippen LogP contribution in [0.5, 0.6) is 5.75 Å². The number of methoxy groups -OCH3 is 1. The van der Waals surface area contributed by atoms with Crippen LogP contribution in [0.15, 0.2) is 30.5 Å². The Bertz CT molecular complexity index is 923. The second-order valence-electron chi connectivity index (χ2n) is 6.75. The van der Waals surface area contributed by atoms with Crippen LogP contribution < -0.4 is 9.64 Å². The zero-order chi connectivity index (χ0) is 18.5. The van der Waals surface area contributed by atoms with Gasteiger partial charge in [-0.05, 0) is 42.2 Å². The van der Waals surface area contributed by atoms with Crippen molar-refractivity contribution in [3.05, 3.63) is 57.3 Å². The number of fused-ring (bicyclic) bond motifs is 2. The van der Waals surface area contributed by atoms with Gasteiger partial charge in [-0.15, -0.1) is 0 Å². The van der Waals surface area contributed by atoms with E-state index in [0.717, 1.165) is 24.2 Å². The molecule has 8 nitrogen and oxygen atoms in total. The molecule has 1 fully saturated rings. The maximum Gasteiger partial charge on any atom is 0.342 e. The second kappa shape index (κ2) is 5.69. The van der Waals surface area contributed by atoms with Crippen molar-refractivity contribution in [3.8, 4) is 5.75 Å². The van der Waals surface area contributed by atoms with Gasteiger partial charge in [0, 0.05) is 24.7 Å². The lowest BCUT2D eigenvalue weighted by Gasteiger charge is -2.35. The number of carboxylic acids is 1. The van der Waals surface area contributed by atoms with E-state index in [2.05, 4.69) is 4.98 Å². The van der Waals surface area contributed by atoms with Gasteiger partial charge in [-0.25, -0.2) is 9.78 Å². The molecule has 2 aromatic rings. The first-order chi connectivity index (χ1) is 12.4. The number of hydrogen-bond acceptors (Lipinski definition) is 6. The monoisotopic (exact) mass is 355 g/mol. The second-order valence-corrected chi connectivity index (χ2v) is 6.75. The Kier molecular flexibility index (Phi) is 3.57. The highest BCUT2D eigenvalue weighted by Crippen LogP contribution is 2.54. The fraction of sp³-hybridized carbons (Fsp3) is 0.333. The van der Waals surface area contributed by atoms with E-state index in [1.165, 1.54) is 17.8 Å². The fourth-order valence-corrected chi connectivity index (χ4v) is 3.78. The Morgan fingerprint density at radius 3 is 2.77 bits per heavy atom. The molecular weight excluding hydrogens is 338 g/mol. The maximum atomic E-state index is 11.6. The summed E-state index contributed by atoms with van der Waals surface area (Å²) in [7, 11) is 1.63. The summed E-state index contributed by atoms with van der Waals surface area (Å²) in [5.74, 6) is -0.424. The summed E-state index contributed by atoms with van der Waals surface area (Å²) in [4.78, 5) is 28.3. The van der Waals surface area contributed by atoms with Crippen molar-refractivity contribution >= 4 is 17.5 Å². The predicted molar refractivity (Wildman–Crippen MR) is 92.8 cm³/mol. The predicted octanol–water partition coefficient (Wildman–Crippen LogP) is 2.75. The zero-order valence-corrected chi connectivity index (χ0v) is 14.1. The third kappa shape index (κ3) is 2.45. The molecule has 0 radical (unpaired) electrons. The van der Waals surface area contributed by atoms with Crippen LogP contribution in [-0.4, -0.2) is 34.6 Å². The molecule has 1 N–H and O–H groups in total. The largest absolute Gasteiger partial charge is 0.497 e. The highest BCUT2D eigenvalue weighted by atomic mass is 16.6. The molecule has 4 rings (SSSR count). The number of aromatic carboxylic acids is 1. The molecule has 1 aliphatic carbocycles. The quantitative estimate of drug-likeness (QED) is 0.664. The van der Waals surface area contributed by atoms with Gasteiger partial charge in [-0.2, -0.15) is 0 Å². The number of benzene rings is 1. The van der Waals surface area contributed by atoms with Crippen molar-refractivity contribution in [1.82, 2.24) is 4.98 Å². The molecule has 1 aromatic carbocycles. The van der Waals surface area contributed by atoms with E-state index >= 15 is 0 Å². The SMILES string of the molecule is COc1ccc2c(c1)C1(CC1)CN(c1nccc(C(=O)O)c1[N+](=O)[O-])C2. The van der Waals surface area contributed by atoms with Gasteiger partial charge in [0.1, 0.15) is 11.3 Å². The summed E-state index contributed by atoms with van der Waals surface area (Å²) < 4.78 is 5.32. The van der Waals surface area contributed by atoms with Gasteiger partial charge in [0.25, 0.3) is 0 Å². The van der Waals surface area contributed by atoms with E-state index in [4.69, 9.17) is 4.74 Å². The molecule has 1 aromatic heterocycles. The third-order valence-corrected chi connectivity index (χ3v) is 5.21. The molecular formula is C18H17N3O5. The summed E-state index contributed by atoms with van der Waals surface area (Å²) in [5, 5.41) is 20.9. The molecule has 1 spiro atoms. The molecule has 0 atom stereocenters. The Balaban J connectivity index is 1.80. The van der Waals surface area contributed by atoms with Gasteiger partial charge in [0.05, 0.1) is 12.0 Å². The summed E-state index contributed by atoms with van der Waals surface area (Å²) in [6.07, 6.45) is 3.28. The molecule has 8 heteroatoms. The smallest absolute Gasteiger partial charge is 0.342 e. The summed E-state index contributed by atoms with van der Waals surface area (Å²) in [6, 6.07) is 7.04. The van der Waals surface area contributed by atoms with E-state index in [1.807, 2.05) is 23.1 Å². The minimum absolute atomic E-state index is 0.0725. The molecule has 0 unspecified atom stereocenters. The molecule has 1 saturated carbocycles. The normalized spacial score (nSPS) is 16.9. The Labute approximate surface area is 149 Å². The number of hydrogen-bond donors (Lipinski definition) is 1. The van der Waals surface area contributed by atoms with Crippen molar-refractivity contribution < 1.29 is 19.6 Å². The first-order valence-electron chi connectivity index (χ1n) is 8.24. The summed E-state index contributed by atoms with van der Waals surface area (Å²) >= 11 is 0. The van der Waals surface area contributed by atoms with Crippen molar-refractivity contribution in [2.75, 3.05) is 18.6 Å². The average Bonchev–Trinajstić information content (AvgIpc) is 3.40. The number of anilines is 1. The lowest BCUT2D eigenvalue weighted by Crippen LogP contribution is -2.38. The van der Waals surface area contributed by atoms with E-state index in [9.17, 15) is 20.0 Å². The van der Waals surface area contributed by atoms with E-state index in [0.29, 0.717) is 13.1 Å². The fourth-order valence-electron chi connectivity index (χ4n) is 3.78. The third-order valence-electron chi connectivity index (χ3n) is 5.21. The molecule has 2 heterocycles. The lowest BCUT2D eigenvalue weighted by molar-refractivity contribution is -0.384. The summed E-state index contributed by atoms with van der Waals surface area (Å²) in [6.45, 7) is 1.02. The number of pyridine rings is 1. The number of ether oxygens (including phenoxy) is 1. The van der Waals surface area contributed by atoms with Crippen LogP contribution in [0, 0.1) is 10.1 Å². The van der Waals surface area contributed by atoms with Crippen molar-refractivity contribution in [3.63, 3.8) is 0 Å². The van der Waals surface area contributed by atoms with Crippen LogP contribution >= 0.6 is 0 Å². The van der Waals surface area contributed by atoms with E-state index in [-0.39, 0.29) is 16.8 Å².